The lowest BCUT2D eigenvalue weighted by atomic mass is 10.0. The van der Waals surface area contributed by atoms with Gasteiger partial charge in [0.25, 0.3) is 0 Å². The molecule has 0 saturated carbocycles. The maximum atomic E-state index is 6.05. The van der Waals surface area contributed by atoms with Gasteiger partial charge in [-0.3, -0.25) is 0 Å². The van der Waals surface area contributed by atoms with E-state index in [4.69, 9.17) is 14.2 Å². The molecule has 0 aromatic heterocycles. The van der Waals surface area contributed by atoms with Gasteiger partial charge in [-0.2, -0.15) is 0 Å². The van der Waals surface area contributed by atoms with Crippen LogP contribution < -0.4 is 9.47 Å². The zero-order valence-electron chi connectivity index (χ0n) is 13.9. The fraction of sp³-hybridized carbons (Fsp3) is 0.333. The first-order valence-electron chi connectivity index (χ1n) is 8.49. The Balaban J connectivity index is 1.66. The third-order valence-corrected chi connectivity index (χ3v) is 4.26. The monoisotopic (exact) mass is 324 g/mol. The maximum absolute atomic E-state index is 6.05. The molecular formula is C21H24O3. The summed E-state index contributed by atoms with van der Waals surface area (Å²) < 4.78 is 17.5. The molecule has 2 aromatic rings. The Bertz CT molecular complexity index is 645. The molecule has 1 fully saturated rings. The highest BCUT2D eigenvalue weighted by Crippen LogP contribution is 2.30. The van der Waals surface area contributed by atoms with Crippen molar-refractivity contribution in [2.75, 3.05) is 19.8 Å². The highest BCUT2D eigenvalue weighted by molar-refractivity contribution is 5.54. The van der Waals surface area contributed by atoms with Gasteiger partial charge in [0.2, 0.25) is 0 Å². The average Bonchev–Trinajstić information content (AvgIpc) is 2.66. The molecule has 126 valence electrons. The minimum Gasteiger partial charge on any atom is -0.489 e. The number of hydrogen-bond acceptors (Lipinski definition) is 3. The van der Waals surface area contributed by atoms with E-state index in [0.29, 0.717) is 19.1 Å². The lowest BCUT2D eigenvalue weighted by Gasteiger charge is -2.23. The molecule has 3 heteroatoms. The summed E-state index contributed by atoms with van der Waals surface area (Å²) in [4.78, 5) is 0. The first-order valence-corrected chi connectivity index (χ1v) is 8.49. The summed E-state index contributed by atoms with van der Waals surface area (Å²) in [6.45, 7) is 6.73. The smallest absolute Gasteiger partial charge is 0.162 e. The van der Waals surface area contributed by atoms with Crippen LogP contribution in [-0.4, -0.2) is 19.8 Å². The van der Waals surface area contributed by atoms with Crippen molar-refractivity contribution in [1.82, 2.24) is 0 Å². The normalized spacial score (nSPS) is 15.0. The van der Waals surface area contributed by atoms with Crippen LogP contribution in [0.5, 0.6) is 11.5 Å². The number of hydrogen-bond donors (Lipinski definition) is 0. The van der Waals surface area contributed by atoms with Crippen LogP contribution in [0.2, 0.25) is 0 Å². The van der Waals surface area contributed by atoms with Crippen LogP contribution in [-0.2, 0) is 11.3 Å². The van der Waals surface area contributed by atoms with Gasteiger partial charge in [-0.05, 0) is 42.0 Å². The molecule has 0 unspecified atom stereocenters. The van der Waals surface area contributed by atoms with Crippen LogP contribution in [0.4, 0.5) is 0 Å². The maximum Gasteiger partial charge on any atom is 0.162 e. The Morgan fingerprint density at radius 3 is 2.54 bits per heavy atom. The Kier molecular flexibility index (Phi) is 5.91. The van der Waals surface area contributed by atoms with Crippen molar-refractivity contribution in [3.8, 4) is 11.5 Å². The second kappa shape index (κ2) is 8.55. The van der Waals surface area contributed by atoms with Crippen molar-refractivity contribution < 1.29 is 14.2 Å². The van der Waals surface area contributed by atoms with Crippen LogP contribution in [0.3, 0.4) is 0 Å². The number of benzene rings is 2. The van der Waals surface area contributed by atoms with Gasteiger partial charge in [0.1, 0.15) is 6.61 Å². The van der Waals surface area contributed by atoms with Crippen molar-refractivity contribution in [3.63, 3.8) is 0 Å². The molecular weight excluding hydrogens is 300 g/mol. The van der Waals surface area contributed by atoms with Crippen LogP contribution in [0, 0.1) is 5.92 Å². The van der Waals surface area contributed by atoms with E-state index in [1.807, 2.05) is 42.5 Å². The zero-order chi connectivity index (χ0) is 16.6. The Morgan fingerprint density at radius 1 is 1.00 bits per heavy atom. The van der Waals surface area contributed by atoms with Crippen molar-refractivity contribution in [2.24, 2.45) is 5.92 Å². The Hall–Kier alpha value is -2.26. The minimum atomic E-state index is 0.523. The van der Waals surface area contributed by atoms with Gasteiger partial charge in [0.05, 0.1) is 6.61 Å². The van der Waals surface area contributed by atoms with Crippen molar-refractivity contribution in [1.29, 1.82) is 0 Å². The summed E-state index contributed by atoms with van der Waals surface area (Å²) in [5.74, 6) is 2.12. The highest BCUT2D eigenvalue weighted by Gasteiger charge is 2.15. The molecule has 0 atom stereocenters. The lowest BCUT2D eigenvalue weighted by molar-refractivity contribution is 0.0492. The highest BCUT2D eigenvalue weighted by atomic mass is 16.5. The van der Waals surface area contributed by atoms with Crippen molar-refractivity contribution in [3.05, 3.63) is 66.2 Å². The first kappa shape index (κ1) is 16.6. The predicted octanol–water partition coefficient (Wildman–Crippen LogP) is 4.71. The van der Waals surface area contributed by atoms with E-state index >= 15 is 0 Å². The van der Waals surface area contributed by atoms with Crippen molar-refractivity contribution >= 4 is 6.08 Å². The summed E-state index contributed by atoms with van der Waals surface area (Å²) >= 11 is 0. The molecule has 1 heterocycles. The van der Waals surface area contributed by atoms with Gasteiger partial charge in [-0.1, -0.05) is 49.1 Å². The van der Waals surface area contributed by atoms with Crippen LogP contribution in [0.1, 0.15) is 24.0 Å². The van der Waals surface area contributed by atoms with E-state index in [1.54, 1.807) is 0 Å². The van der Waals surface area contributed by atoms with Gasteiger partial charge in [-0.15, -0.1) is 0 Å². The molecule has 1 aliphatic rings. The third kappa shape index (κ3) is 4.62. The van der Waals surface area contributed by atoms with E-state index in [9.17, 15) is 0 Å². The zero-order valence-corrected chi connectivity index (χ0v) is 13.9. The molecule has 3 rings (SSSR count). The molecule has 0 radical (unpaired) electrons. The van der Waals surface area contributed by atoms with Crippen LogP contribution >= 0.6 is 0 Å². The molecule has 2 aromatic carbocycles. The van der Waals surface area contributed by atoms with E-state index in [0.717, 1.165) is 48.7 Å². The standard InChI is InChI=1S/C21H24O3/c1-2-17-8-9-20(23-16-19-10-12-22-13-11-19)21(14-17)24-15-18-6-4-3-5-7-18/h2-9,14,19H,1,10-13,15-16H2. The van der Waals surface area contributed by atoms with Gasteiger partial charge in [0.15, 0.2) is 11.5 Å². The Morgan fingerprint density at radius 2 is 1.79 bits per heavy atom. The predicted molar refractivity (Wildman–Crippen MR) is 96.3 cm³/mol. The molecule has 0 spiro atoms. The summed E-state index contributed by atoms with van der Waals surface area (Å²) in [5.41, 5.74) is 2.16. The topological polar surface area (TPSA) is 27.7 Å². The number of rotatable bonds is 7. The van der Waals surface area contributed by atoms with E-state index < -0.39 is 0 Å². The molecule has 24 heavy (non-hydrogen) atoms. The summed E-state index contributed by atoms with van der Waals surface area (Å²) in [6.07, 6.45) is 3.94. The van der Waals surface area contributed by atoms with Crippen LogP contribution in [0.15, 0.2) is 55.1 Å². The van der Waals surface area contributed by atoms with E-state index in [-0.39, 0.29) is 0 Å². The van der Waals surface area contributed by atoms with Gasteiger partial charge in [-0.25, -0.2) is 0 Å². The largest absolute Gasteiger partial charge is 0.489 e. The van der Waals surface area contributed by atoms with Gasteiger partial charge in [0, 0.05) is 13.2 Å². The lowest BCUT2D eigenvalue weighted by Crippen LogP contribution is -2.21. The first-order chi connectivity index (χ1) is 11.8. The van der Waals surface area contributed by atoms with E-state index in [2.05, 4.69) is 18.7 Å². The van der Waals surface area contributed by atoms with Crippen LogP contribution in [0.25, 0.3) is 6.08 Å². The second-order valence-corrected chi connectivity index (χ2v) is 6.05. The Labute approximate surface area is 143 Å². The third-order valence-electron chi connectivity index (χ3n) is 4.26. The SMILES string of the molecule is C=Cc1ccc(OCC2CCOCC2)c(OCc2ccccc2)c1. The van der Waals surface area contributed by atoms with Crippen molar-refractivity contribution in [2.45, 2.75) is 19.4 Å². The molecule has 0 N–H and O–H groups in total. The summed E-state index contributed by atoms with van der Waals surface area (Å²) in [5, 5.41) is 0. The van der Waals surface area contributed by atoms with Gasteiger partial charge < -0.3 is 14.2 Å². The molecule has 0 amide bonds. The second-order valence-electron chi connectivity index (χ2n) is 6.05. The average molecular weight is 324 g/mol. The molecule has 0 aliphatic carbocycles. The molecule has 1 saturated heterocycles. The number of ether oxygens (including phenoxy) is 3. The quantitative estimate of drug-likeness (QED) is 0.738. The van der Waals surface area contributed by atoms with E-state index in [1.165, 1.54) is 0 Å². The summed E-state index contributed by atoms with van der Waals surface area (Å²) in [7, 11) is 0. The molecule has 0 bridgehead atoms. The minimum absolute atomic E-state index is 0.523. The fourth-order valence-corrected chi connectivity index (χ4v) is 2.74. The molecule has 1 aliphatic heterocycles. The fourth-order valence-electron chi connectivity index (χ4n) is 2.74. The molecule has 3 nitrogen and oxygen atoms in total. The summed E-state index contributed by atoms with van der Waals surface area (Å²) in [6, 6.07) is 16.1. The van der Waals surface area contributed by atoms with Gasteiger partial charge >= 0.3 is 0 Å².